The molecule has 3 rings (SSSR count). The Kier molecular flexibility index (Phi) is 4.40. The maximum atomic E-state index is 5.01. The number of benzene rings is 1. The van der Waals surface area contributed by atoms with Crippen molar-refractivity contribution in [1.82, 2.24) is 15.5 Å². The number of methoxy groups -OCH3 is 1. The Hall–Kier alpha value is -1.30. The van der Waals surface area contributed by atoms with Crippen molar-refractivity contribution >= 4 is 11.3 Å². The van der Waals surface area contributed by atoms with Crippen molar-refractivity contribution in [2.45, 2.75) is 25.3 Å². The van der Waals surface area contributed by atoms with E-state index in [1.807, 2.05) is 0 Å². The van der Waals surface area contributed by atoms with E-state index in [1.165, 1.54) is 16.1 Å². The van der Waals surface area contributed by atoms with Gasteiger partial charge in [0.05, 0.1) is 6.61 Å². The lowest BCUT2D eigenvalue weighted by atomic mass is 10.1. The molecular formula is C15H19N3OS. The molecule has 0 bridgehead atoms. The maximum absolute atomic E-state index is 5.01. The molecule has 2 aromatic rings. The van der Waals surface area contributed by atoms with Gasteiger partial charge in [0.25, 0.3) is 0 Å². The van der Waals surface area contributed by atoms with Crippen molar-refractivity contribution in [3.63, 3.8) is 0 Å². The van der Waals surface area contributed by atoms with Crippen LogP contribution < -0.4 is 5.32 Å². The van der Waals surface area contributed by atoms with Crippen LogP contribution in [0.1, 0.15) is 27.1 Å². The molecule has 0 radical (unpaired) electrons. The lowest BCUT2D eigenvalue weighted by Gasteiger charge is -2.02. The molecule has 1 heterocycles. The van der Waals surface area contributed by atoms with Gasteiger partial charge in [0.1, 0.15) is 10.0 Å². The summed E-state index contributed by atoms with van der Waals surface area (Å²) in [6, 6.07) is 8.69. The Morgan fingerprint density at radius 2 is 2.00 bits per heavy atom. The number of hydrogen-bond acceptors (Lipinski definition) is 5. The van der Waals surface area contributed by atoms with Gasteiger partial charge in [0.2, 0.25) is 0 Å². The standard InChI is InChI=1S/C15H19N3OS/c1-19-7-6-16-10-14-17-18-15(20-14)13-8-11-4-2-3-5-12(11)9-13/h2-5,13,16H,6-10H2,1H3. The summed E-state index contributed by atoms with van der Waals surface area (Å²) in [5.41, 5.74) is 2.93. The fourth-order valence-corrected chi connectivity index (χ4v) is 3.52. The highest BCUT2D eigenvalue weighted by molar-refractivity contribution is 7.11. The number of ether oxygens (including phenoxy) is 1. The van der Waals surface area contributed by atoms with Crippen molar-refractivity contribution in [3.8, 4) is 0 Å². The summed E-state index contributed by atoms with van der Waals surface area (Å²) in [6.07, 6.45) is 2.20. The van der Waals surface area contributed by atoms with Crippen LogP contribution in [0, 0.1) is 0 Å². The molecule has 0 amide bonds. The van der Waals surface area contributed by atoms with Crippen LogP contribution in [0.25, 0.3) is 0 Å². The lowest BCUT2D eigenvalue weighted by molar-refractivity contribution is 0.199. The van der Waals surface area contributed by atoms with E-state index in [4.69, 9.17) is 4.74 Å². The van der Waals surface area contributed by atoms with E-state index >= 15 is 0 Å². The topological polar surface area (TPSA) is 47.0 Å². The molecule has 0 saturated heterocycles. The Bertz CT molecular complexity index is 545. The first-order chi connectivity index (χ1) is 9.86. The van der Waals surface area contributed by atoms with Crippen LogP contribution in [-0.4, -0.2) is 30.5 Å². The molecule has 1 aliphatic rings. The van der Waals surface area contributed by atoms with E-state index in [-0.39, 0.29) is 0 Å². The Morgan fingerprint density at radius 1 is 1.25 bits per heavy atom. The van der Waals surface area contributed by atoms with Crippen molar-refractivity contribution in [1.29, 1.82) is 0 Å². The van der Waals surface area contributed by atoms with E-state index < -0.39 is 0 Å². The van der Waals surface area contributed by atoms with Crippen LogP contribution in [0.4, 0.5) is 0 Å². The van der Waals surface area contributed by atoms with Gasteiger partial charge in [0, 0.05) is 26.1 Å². The van der Waals surface area contributed by atoms with Gasteiger partial charge in [0.15, 0.2) is 0 Å². The van der Waals surface area contributed by atoms with E-state index in [2.05, 4.69) is 39.8 Å². The quantitative estimate of drug-likeness (QED) is 0.828. The Balaban J connectivity index is 1.58. The molecule has 1 N–H and O–H groups in total. The number of fused-ring (bicyclic) bond motifs is 1. The fraction of sp³-hybridized carbons (Fsp3) is 0.467. The Morgan fingerprint density at radius 3 is 2.70 bits per heavy atom. The second-order valence-electron chi connectivity index (χ2n) is 5.08. The lowest BCUT2D eigenvalue weighted by Crippen LogP contribution is -2.18. The highest BCUT2D eigenvalue weighted by Gasteiger charge is 2.25. The first-order valence-corrected chi connectivity index (χ1v) is 7.77. The summed E-state index contributed by atoms with van der Waals surface area (Å²) in [4.78, 5) is 0. The number of hydrogen-bond donors (Lipinski definition) is 1. The number of aromatic nitrogens is 2. The fourth-order valence-electron chi connectivity index (χ4n) is 2.61. The van der Waals surface area contributed by atoms with Crippen LogP contribution >= 0.6 is 11.3 Å². The van der Waals surface area contributed by atoms with Crippen molar-refractivity contribution in [2.75, 3.05) is 20.3 Å². The zero-order valence-corrected chi connectivity index (χ0v) is 12.4. The molecule has 0 aliphatic heterocycles. The first kappa shape index (κ1) is 13.7. The van der Waals surface area contributed by atoms with Crippen LogP contribution in [0.2, 0.25) is 0 Å². The molecule has 0 unspecified atom stereocenters. The van der Waals surface area contributed by atoms with E-state index in [9.17, 15) is 0 Å². The van der Waals surface area contributed by atoms with Crippen LogP contribution in [0.3, 0.4) is 0 Å². The zero-order valence-electron chi connectivity index (χ0n) is 11.6. The average molecular weight is 289 g/mol. The van der Waals surface area contributed by atoms with Gasteiger partial charge in [-0.1, -0.05) is 35.6 Å². The third-order valence-electron chi connectivity index (χ3n) is 3.64. The second kappa shape index (κ2) is 6.43. The van der Waals surface area contributed by atoms with Gasteiger partial charge in [-0.05, 0) is 24.0 Å². The maximum Gasteiger partial charge on any atom is 0.131 e. The molecule has 0 fully saturated rings. The summed E-state index contributed by atoms with van der Waals surface area (Å²) in [7, 11) is 1.71. The highest BCUT2D eigenvalue weighted by atomic mass is 32.1. The molecule has 20 heavy (non-hydrogen) atoms. The SMILES string of the molecule is COCCNCc1nnc(C2Cc3ccccc3C2)s1. The summed E-state index contributed by atoms with van der Waals surface area (Å²) in [5.74, 6) is 0.512. The van der Waals surface area contributed by atoms with Gasteiger partial charge in [-0.2, -0.15) is 0 Å². The summed E-state index contributed by atoms with van der Waals surface area (Å²) in [5, 5.41) is 14.2. The second-order valence-corrected chi connectivity index (χ2v) is 6.17. The van der Waals surface area contributed by atoms with Crippen LogP contribution in [0.15, 0.2) is 24.3 Å². The third-order valence-corrected chi connectivity index (χ3v) is 4.73. The predicted octanol–water partition coefficient (Wildman–Crippen LogP) is 2.16. The summed E-state index contributed by atoms with van der Waals surface area (Å²) < 4.78 is 5.01. The molecule has 4 nitrogen and oxygen atoms in total. The average Bonchev–Trinajstić information content (AvgIpc) is 3.09. The molecule has 0 saturated carbocycles. The minimum atomic E-state index is 0.512. The van der Waals surface area contributed by atoms with E-state index in [1.54, 1.807) is 18.4 Å². The van der Waals surface area contributed by atoms with Crippen LogP contribution in [-0.2, 0) is 24.1 Å². The van der Waals surface area contributed by atoms with Gasteiger partial charge < -0.3 is 10.1 Å². The van der Waals surface area contributed by atoms with Gasteiger partial charge >= 0.3 is 0 Å². The van der Waals surface area contributed by atoms with E-state index in [0.717, 1.165) is 37.5 Å². The van der Waals surface area contributed by atoms with Gasteiger partial charge in [-0.3, -0.25) is 0 Å². The number of nitrogens with zero attached hydrogens (tertiary/aromatic N) is 2. The largest absolute Gasteiger partial charge is 0.383 e. The van der Waals surface area contributed by atoms with Crippen molar-refractivity contribution in [3.05, 3.63) is 45.4 Å². The highest BCUT2D eigenvalue weighted by Crippen LogP contribution is 2.34. The molecule has 1 aliphatic carbocycles. The molecule has 1 aromatic carbocycles. The van der Waals surface area contributed by atoms with Gasteiger partial charge in [-0.15, -0.1) is 10.2 Å². The zero-order chi connectivity index (χ0) is 13.8. The number of rotatable bonds is 6. The molecular weight excluding hydrogens is 270 g/mol. The minimum absolute atomic E-state index is 0.512. The van der Waals surface area contributed by atoms with E-state index in [0.29, 0.717) is 5.92 Å². The van der Waals surface area contributed by atoms with Gasteiger partial charge in [-0.25, -0.2) is 0 Å². The molecule has 106 valence electrons. The monoisotopic (exact) mass is 289 g/mol. The summed E-state index contributed by atoms with van der Waals surface area (Å²) in [6.45, 7) is 2.35. The number of nitrogens with one attached hydrogen (secondary N) is 1. The molecule has 1 aromatic heterocycles. The molecule has 5 heteroatoms. The van der Waals surface area contributed by atoms with Crippen molar-refractivity contribution in [2.24, 2.45) is 0 Å². The normalized spacial score (nSPS) is 14.7. The van der Waals surface area contributed by atoms with Crippen molar-refractivity contribution < 1.29 is 4.74 Å². The predicted molar refractivity (Wildman–Crippen MR) is 80.1 cm³/mol. The first-order valence-electron chi connectivity index (χ1n) is 6.95. The van der Waals surface area contributed by atoms with Crippen LogP contribution in [0.5, 0.6) is 0 Å². The minimum Gasteiger partial charge on any atom is -0.383 e. The smallest absolute Gasteiger partial charge is 0.131 e. The molecule has 0 spiro atoms. The Labute approximate surface area is 123 Å². The molecule has 0 atom stereocenters. The summed E-state index contributed by atoms with van der Waals surface area (Å²) >= 11 is 1.73. The third kappa shape index (κ3) is 3.06.